The van der Waals surface area contributed by atoms with Gasteiger partial charge >= 0.3 is 0 Å². The van der Waals surface area contributed by atoms with E-state index in [1.807, 2.05) is 42.5 Å². The molecule has 0 amide bonds. The molecule has 0 bridgehead atoms. The molecule has 0 atom stereocenters. The van der Waals surface area contributed by atoms with Crippen molar-refractivity contribution in [3.63, 3.8) is 0 Å². The van der Waals surface area contributed by atoms with Crippen LogP contribution in [-0.4, -0.2) is 26.2 Å². The molecule has 24 heavy (non-hydrogen) atoms. The van der Waals surface area contributed by atoms with Crippen LogP contribution >= 0.6 is 24.0 Å². The third kappa shape index (κ3) is 6.87. The highest BCUT2D eigenvalue weighted by Gasteiger charge is 1.99. The largest absolute Gasteiger partial charge is 0.492 e. The van der Waals surface area contributed by atoms with Crippen LogP contribution in [0, 0.1) is 11.3 Å². The first-order chi connectivity index (χ1) is 11.3. The average molecular weight is 436 g/mol. The molecular formula is C18H21IN4O. The van der Waals surface area contributed by atoms with Crippen molar-refractivity contribution in [2.24, 2.45) is 4.99 Å². The van der Waals surface area contributed by atoms with Gasteiger partial charge in [-0.05, 0) is 29.8 Å². The minimum absolute atomic E-state index is 0. The number of ether oxygens (including phenoxy) is 1. The van der Waals surface area contributed by atoms with E-state index in [2.05, 4.69) is 21.7 Å². The fourth-order valence-electron chi connectivity index (χ4n) is 1.96. The number of nitrogens with one attached hydrogen (secondary N) is 2. The molecule has 2 aromatic rings. The third-order valence-corrected chi connectivity index (χ3v) is 3.17. The van der Waals surface area contributed by atoms with Crippen molar-refractivity contribution in [1.82, 2.24) is 10.6 Å². The Balaban J connectivity index is 0.00000288. The molecule has 0 aromatic heterocycles. The van der Waals surface area contributed by atoms with Gasteiger partial charge in [0, 0.05) is 13.6 Å². The lowest BCUT2D eigenvalue weighted by molar-refractivity contribution is 0.322. The molecule has 0 spiro atoms. The number of hydrogen-bond donors (Lipinski definition) is 2. The number of halogens is 1. The number of hydrogen-bond acceptors (Lipinski definition) is 3. The van der Waals surface area contributed by atoms with Crippen LogP contribution in [0.4, 0.5) is 0 Å². The number of para-hydroxylation sites is 1. The van der Waals surface area contributed by atoms with Gasteiger partial charge in [-0.2, -0.15) is 5.26 Å². The van der Waals surface area contributed by atoms with Crippen LogP contribution in [0.5, 0.6) is 5.75 Å². The second-order valence-electron chi connectivity index (χ2n) is 4.82. The predicted molar refractivity (Wildman–Crippen MR) is 107 cm³/mol. The second kappa shape index (κ2) is 11.3. The van der Waals surface area contributed by atoms with Crippen molar-refractivity contribution in [2.45, 2.75) is 6.54 Å². The van der Waals surface area contributed by atoms with Crippen LogP contribution in [0.2, 0.25) is 0 Å². The fraction of sp³-hybridized carbons (Fsp3) is 0.222. The summed E-state index contributed by atoms with van der Waals surface area (Å²) in [6.45, 7) is 1.86. The Labute approximate surface area is 159 Å². The summed E-state index contributed by atoms with van der Waals surface area (Å²) in [6.07, 6.45) is 0. The Kier molecular flexibility index (Phi) is 9.31. The highest BCUT2D eigenvalue weighted by Crippen LogP contribution is 2.07. The summed E-state index contributed by atoms with van der Waals surface area (Å²) in [5.41, 5.74) is 1.75. The van der Waals surface area contributed by atoms with Gasteiger partial charge in [-0.15, -0.1) is 24.0 Å². The van der Waals surface area contributed by atoms with E-state index in [1.165, 1.54) is 0 Å². The topological polar surface area (TPSA) is 69.4 Å². The molecule has 5 nitrogen and oxygen atoms in total. The molecule has 0 radical (unpaired) electrons. The van der Waals surface area contributed by atoms with Crippen molar-refractivity contribution >= 4 is 29.9 Å². The van der Waals surface area contributed by atoms with E-state index >= 15 is 0 Å². The Morgan fingerprint density at radius 2 is 1.79 bits per heavy atom. The summed E-state index contributed by atoms with van der Waals surface area (Å²) < 4.78 is 5.61. The normalized spacial score (nSPS) is 10.2. The zero-order chi connectivity index (χ0) is 16.3. The molecule has 0 saturated carbocycles. The van der Waals surface area contributed by atoms with Crippen molar-refractivity contribution in [3.8, 4) is 11.8 Å². The molecule has 6 heteroatoms. The Morgan fingerprint density at radius 3 is 2.42 bits per heavy atom. The summed E-state index contributed by atoms with van der Waals surface area (Å²) >= 11 is 0. The highest BCUT2D eigenvalue weighted by molar-refractivity contribution is 14.0. The molecular weight excluding hydrogens is 415 g/mol. The van der Waals surface area contributed by atoms with E-state index in [0.29, 0.717) is 31.2 Å². The minimum atomic E-state index is 0. The maximum Gasteiger partial charge on any atom is 0.191 e. The molecule has 0 aliphatic rings. The van der Waals surface area contributed by atoms with Crippen LogP contribution in [0.15, 0.2) is 59.6 Å². The van der Waals surface area contributed by atoms with E-state index < -0.39 is 0 Å². The van der Waals surface area contributed by atoms with Crippen molar-refractivity contribution < 1.29 is 4.74 Å². The van der Waals surface area contributed by atoms with Gasteiger partial charge in [0.05, 0.1) is 18.2 Å². The van der Waals surface area contributed by atoms with Crippen LogP contribution in [-0.2, 0) is 6.54 Å². The molecule has 2 aromatic carbocycles. The number of rotatable bonds is 6. The van der Waals surface area contributed by atoms with Crippen molar-refractivity contribution in [1.29, 1.82) is 5.26 Å². The first kappa shape index (κ1) is 19.8. The quantitative estimate of drug-likeness (QED) is 0.316. The molecule has 0 unspecified atom stereocenters. The number of nitriles is 1. The lowest BCUT2D eigenvalue weighted by Gasteiger charge is -2.12. The smallest absolute Gasteiger partial charge is 0.191 e. The van der Waals surface area contributed by atoms with Gasteiger partial charge in [0.2, 0.25) is 0 Å². The third-order valence-electron chi connectivity index (χ3n) is 3.17. The number of aliphatic imine (C=N–C) groups is 1. The molecule has 0 fully saturated rings. The van der Waals surface area contributed by atoms with Crippen LogP contribution in [0.25, 0.3) is 0 Å². The van der Waals surface area contributed by atoms with Crippen LogP contribution in [0.3, 0.4) is 0 Å². The van der Waals surface area contributed by atoms with Gasteiger partial charge in [0.25, 0.3) is 0 Å². The molecule has 0 aliphatic heterocycles. The minimum Gasteiger partial charge on any atom is -0.492 e. The monoisotopic (exact) mass is 436 g/mol. The lowest BCUT2D eigenvalue weighted by atomic mass is 10.1. The Hall–Kier alpha value is -2.27. The Morgan fingerprint density at radius 1 is 1.08 bits per heavy atom. The Bertz CT molecular complexity index is 666. The SMILES string of the molecule is CN=C(NCCOc1ccccc1)NCc1ccc(C#N)cc1.I. The second-order valence-corrected chi connectivity index (χ2v) is 4.82. The summed E-state index contributed by atoms with van der Waals surface area (Å²) in [6, 6.07) is 19.3. The maximum absolute atomic E-state index is 8.78. The zero-order valence-electron chi connectivity index (χ0n) is 13.5. The number of benzene rings is 2. The van der Waals surface area contributed by atoms with Gasteiger partial charge in [0.1, 0.15) is 12.4 Å². The standard InChI is InChI=1S/C18H20N4O.HI/c1-20-18(21-11-12-23-17-5-3-2-4-6-17)22-14-16-9-7-15(13-19)8-10-16;/h2-10H,11-12,14H2,1H3,(H2,20,21,22);1H. The average Bonchev–Trinajstić information content (AvgIpc) is 2.62. The number of guanidine groups is 1. The van der Waals surface area contributed by atoms with Gasteiger partial charge in [0.15, 0.2) is 5.96 Å². The van der Waals surface area contributed by atoms with Gasteiger partial charge in [-0.25, -0.2) is 0 Å². The first-order valence-electron chi connectivity index (χ1n) is 7.43. The van der Waals surface area contributed by atoms with Crippen molar-refractivity contribution in [2.75, 3.05) is 20.2 Å². The molecule has 0 heterocycles. The maximum atomic E-state index is 8.78. The molecule has 2 N–H and O–H groups in total. The van der Waals surface area contributed by atoms with E-state index in [-0.39, 0.29) is 24.0 Å². The number of nitrogens with zero attached hydrogens (tertiary/aromatic N) is 2. The fourth-order valence-corrected chi connectivity index (χ4v) is 1.96. The first-order valence-corrected chi connectivity index (χ1v) is 7.43. The lowest BCUT2D eigenvalue weighted by Crippen LogP contribution is -2.38. The summed E-state index contributed by atoms with van der Waals surface area (Å²) in [5, 5.41) is 15.2. The van der Waals surface area contributed by atoms with Crippen molar-refractivity contribution in [3.05, 3.63) is 65.7 Å². The van der Waals surface area contributed by atoms with E-state index in [1.54, 1.807) is 19.2 Å². The summed E-state index contributed by atoms with van der Waals surface area (Å²) in [7, 11) is 1.73. The molecule has 126 valence electrons. The van der Waals surface area contributed by atoms with E-state index in [4.69, 9.17) is 10.00 Å². The molecule has 0 saturated heterocycles. The zero-order valence-corrected chi connectivity index (χ0v) is 15.9. The molecule has 2 rings (SSSR count). The van der Waals surface area contributed by atoms with Crippen LogP contribution < -0.4 is 15.4 Å². The van der Waals surface area contributed by atoms with E-state index in [0.717, 1.165) is 11.3 Å². The highest BCUT2D eigenvalue weighted by atomic mass is 127. The van der Waals surface area contributed by atoms with E-state index in [9.17, 15) is 0 Å². The summed E-state index contributed by atoms with van der Waals surface area (Å²) in [5.74, 6) is 1.57. The van der Waals surface area contributed by atoms with Gasteiger partial charge < -0.3 is 15.4 Å². The van der Waals surface area contributed by atoms with Crippen LogP contribution in [0.1, 0.15) is 11.1 Å². The van der Waals surface area contributed by atoms with Gasteiger partial charge in [-0.3, -0.25) is 4.99 Å². The predicted octanol–water partition coefficient (Wildman–Crippen LogP) is 2.92. The molecule has 0 aliphatic carbocycles. The van der Waals surface area contributed by atoms with Gasteiger partial charge in [-0.1, -0.05) is 30.3 Å². The summed E-state index contributed by atoms with van der Waals surface area (Å²) in [4.78, 5) is 4.17.